The molecular weight excluding hydrogens is 234 g/mol. The van der Waals surface area contributed by atoms with Gasteiger partial charge < -0.3 is 14.8 Å². The van der Waals surface area contributed by atoms with E-state index in [1.165, 1.54) is 7.05 Å². The molecule has 0 aliphatic heterocycles. The highest BCUT2D eigenvalue weighted by Crippen LogP contribution is 2.13. The third-order valence-electron chi connectivity index (χ3n) is 2.24. The van der Waals surface area contributed by atoms with E-state index in [2.05, 4.69) is 5.32 Å². The van der Waals surface area contributed by atoms with E-state index < -0.39 is 6.09 Å². The molecule has 0 unspecified atom stereocenters. The molecule has 18 heavy (non-hydrogen) atoms. The molecule has 5 heteroatoms. The number of carbonyl (C=O) groups is 2. The van der Waals surface area contributed by atoms with Gasteiger partial charge in [0.1, 0.15) is 5.75 Å². The molecule has 0 saturated heterocycles. The standard InChI is InChI=1S/C13H17NO4/c1-3-4-9-17-12(15)10-5-7-11(8-6-10)18-13(16)14-2/h5-8H,3-4,9H2,1-2H3,(H,14,16). The van der Waals surface area contributed by atoms with Crippen molar-refractivity contribution in [3.63, 3.8) is 0 Å². The van der Waals surface area contributed by atoms with Crippen LogP contribution in [-0.2, 0) is 4.74 Å². The molecule has 1 aromatic carbocycles. The molecule has 0 bridgehead atoms. The molecule has 0 aliphatic carbocycles. The van der Waals surface area contributed by atoms with Crippen LogP contribution in [-0.4, -0.2) is 25.7 Å². The maximum absolute atomic E-state index is 11.6. The van der Waals surface area contributed by atoms with E-state index in [0.29, 0.717) is 17.9 Å². The molecule has 0 atom stereocenters. The van der Waals surface area contributed by atoms with Gasteiger partial charge >= 0.3 is 12.1 Å². The number of esters is 1. The Hall–Kier alpha value is -2.04. The van der Waals surface area contributed by atoms with Gasteiger partial charge in [-0.15, -0.1) is 0 Å². The fraction of sp³-hybridized carbons (Fsp3) is 0.385. The van der Waals surface area contributed by atoms with Crippen LogP contribution in [0.1, 0.15) is 30.1 Å². The average molecular weight is 251 g/mol. The molecule has 0 radical (unpaired) electrons. The Morgan fingerprint density at radius 2 is 1.89 bits per heavy atom. The lowest BCUT2D eigenvalue weighted by molar-refractivity contribution is 0.0500. The molecule has 1 N–H and O–H groups in total. The van der Waals surface area contributed by atoms with Crippen LogP contribution in [0.3, 0.4) is 0 Å². The number of carbonyl (C=O) groups excluding carboxylic acids is 2. The number of amides is 1. The van der Waals surface area contributed by atoms with E-state index in [-0.39, 0.29) is 5.97 Å². The Balaban J connectivity index is 2.54. The predicted molar refractivity (Wildman–Crippen MR) is 66.7 cm³/mol. The van der Waals surface area contributed by atoms with Crippen LogP contribution in [0.5, 0.6) is 5.75 Å². The van der Waals surface area contributed by atoms with Crippen molar-refractivity contribution in [1.82, 2.24) is 5.32 Å². The lowest BCUT2D eigenvalue weighted by Gasteiger charge is -2.05. The maximum atomic E-state index is 11.6. The van der Waals surface area contributed by atoms with Crippen LogP contribution in [0.4, 0.5) is 4.79 Å². The van der Waals surface area contributed by atoms with E-state index in [4.69, 9.17) is 9.47 Å². The monoisotopic (exact) mass is 251 g/mol. The highest BCUT2D eigenvalue weighted by atomic mass is 16.6. The highest BCUT2D eigenvalue weighted by Gasteiger charge is 2.07. The molecule has 1 aromatic rings. The summed E-state index contributed by atoms with van der Waals surface area (Å²) in [4.78, 5) is 22.5. The van der Waals surface area contributed by atoms with Crippen LogP contribution in [0, 0.1) is 0 Å². The smallest absolute Gasteiger partial charge is 0.412 e. The minimum atomic E-state index is -0.548. The second kappa shape index (κ2) is 7.32. The summed E-state index contributed by atoms with van der Waals surface area (Å²) in [5.74, 6) is 0.00870. The number of hydrogen-bond acceptors (Lipinski definition) is 4. The average Bonchev–Trinajstić information content (AvgIpc) is 2.39. The number of nitrogens with one attached hydrogen (secondary N) is 1. The quantitative estimate of drug-likeness (QED) is 0.644. The van der Waals surface area contributed by atoms with E-state index in [0.717, 1.165) is 12.8 Å². The molecule has 0 spiro atoms. The first kappa shape index (κ1) is 14.0. The molecule has 0 aromatic heterocycles. The van der Waals surface area contributed by atoms with Crippen molar-refractivity contribution >= 4 is 12.1 Å². The topological polar surface area (TPSA) is 64.6 Å². The molecule has 1 amide bonds. The van der Waals surface area contributed by atoms with Crippen molar-refractivity contribution in [3.05, 3.63) is 29.8 Å². The third-order valence-corrected chi connectivity index (χ3v) is 2.24. The molecule has 5 nitrogen and oxygen atoms in total. The fourth-order valence-corrected chi connectivity index (χ4v) is 1.21. The summed E-state index contributed by atoms with van der Waals surface area (Å²) in [5.41, 5.74) is 0.440. The van der Waals surface area contributed by atoms with Crippen LogP contribution in [0.25, 0.3) is 0 Å². The van der Waals surface area contributed by atoms with E-state index in [1.807, 2.05) is 6.92 Å². The zero-order chi connectivity index (χ0) is 13.4. The summed E-state index contributed by atoms with van der Waals surface area (Å²) in [7, 11) is 1.47. The molecule has 0 heterocycles. The number of ether oxygens (including phenoxy) is 2. The van der Waals surface area contributed by atoms with Crippen LogP contribution < -0.4 is 10.1 Å². The summed E-state index contributed by atoms with van der Waals surface area (Å²) in [5, 5.41) is 2.33. The van der Waals surface area contributed by atoms with Gasteiger partial charge in [0.25, 0.3) is 0 Å². The van der Waals surface area contributed by atoms with E-state index >= 15 is 0 Å². The van der Waals surface area contributed by atoms with Gasteiger partial charge in [-0.05, 0) is 30.7 Å². The summed E-state index contributed by atoms with van der Waals surface area (Å²) in [6, 6.07) is 6.22. The van der Waals surface area contributed by atoms with Crippen molar-refractivity contribution < 1.29 is 19.1 Å². The van der Waals surface area contributed by atoms with Gasteiger partial charge in [-0.25, -0.2) is 9.59 Å². The Kier molecular flexibility index (Phi) is 5.70. The zero-order valence-corrected chi connectivity index (χ0v) is 10.6. The fourth-order valence-electron chi connectivity index (χ4n) is 1.21. The minimum absolute atomic E-state index is 0.366. The summed E-state index contributed by atoms with van der Waals surface area (Å²) in [6.45, 7) is 2.45. The van der Waals surface area contributed by atoms with Crippen molar-refractivity contribution in [1.29, 1.82) is 0 Å². The molecule has 1 rings (SSSR count). The number of unbranched alkanes of at least 4 members (excludes halogenated alkanes) is 1. The van der Waals surface area contributed by atoms with Crippen molar-refractivity contribution in [3.8, 4) is 5.75 Å². The lowest BCUT2D eigenvalue weighted by atomic mass is 10.2. The summed E-state index contributed by atoms with van der Waals surface area (Å²) < 4.78 is 9.95. The highest BCUT2D eigenvalue weighted by molar-refractivity contribution is 5.89. The Labute approximate surface area is 106 Å². The Morgan fingerprint density at radius 3 is 2.44 bits per heavy atom. The number of hydrogen-bond donors (Lipinski definition) is 1. The summed E-state index contributed by atoms with van der Waals surface area (Å²) in [6.07, 6.45) is 1.28. The van der Waals surface area contributed by atoms with Gasteiger partial charge in [-0.1, -0.05) is 13.3 Å². The number of rotatable bonds is 5. The minimum Gasteiger partial charge on any atom is -0.462 e. The number of benzene rings is 1. The lowest BCUT2D eigenvalue weighted by Crippen LogP contribution is -2.22. The van der Waals surface area contributed by atoms with Crippen LogP contribution >= 0.6 is 0 Å². The van der Waals surface area contributed by atoms with Gasteiger partial charge in [0, 0.05) is 7.05 Å². The van der Waals surface area contributed by atoms with Crippen LogP contribution in [0.2, 0.25) is 0 Å². The first-order valence-electron chi connectivity index (χ1n) is 5.84. The third kappa shape index (κ3) is 4.45. The van der Waals surface area contributed by atoms with Gasteiger partial charge in [-0.3, -0.25) is 0 Å². The van der Waals surface area contributed by atoms with E-state index in [1.54, 1.807) is 24.3 Å². The van der Waals surface area contributed by atoms with Crippen molar-refractivity contribution in [2.45, 2.75) is 19.8 Å². The Bertz CT molecular complexity index is 400. The second-order valence-corrected chi connectivity index (χ2v) is 3.65. The molecule has 0 fully saturated rings. The second-order valence-electron chi connectivity index (χ2n) is 3.65. The first-order valence-corrected chi connectivity index (χ1v) is 5.84. The molecule has 98 valence electrons. The SMILES string of the molecule is CCCCOC(=O)c1ccc(OC(=O)NC)cc1. The van der Waals surface area contributed by atoms with Gasteiger partial charge in [0.15, 0.2) is 0 Å². The predicted octanol–water partition coefficient (Wildman–Crippen LogP) is 2.36. The van der Waals surface area contributed by atoms with Gasteiger partial charge in [0.2, 0.25) is 0 Å². The van der Waals surface area contributed by atoms with E-state index in [9.17, 15) is 9.59 Å². The largest absolute Gasteiger partial charge is 0.462 e. The zero-order valence-electron chi connectivity index (χ0n) is 10.6. The van der Waals surface area contributed by atoms with Gasteiger partial charge in [-0.2, -0.15) is 0 Å². The summed E-state index contributed by atoms with van der Waals surface area (Å²) >= 11 is 0. The molecular formula is C13H17NO4. The molecule has 0 aliphatic rings. The van der Waals surface area contributed by atoms with Gasteiger partial charge in [0.05, 0.1) is 12.2 Å². The normalized spacial score (nSPS) is 9.67. The van der Waals surface area contributed by atoms with Crippen molar-refractivity contribution in [2.75, 3.05) is 13.7 Å². The molecule has 0 saturated carbocycles. The van der Waals surface area contributed by atoms with Crippen molar-refractivity contribution in [2.24, 2.45) is 0 Å². The first-order chi connectivity index (χ1) is 8.67. The Morgan fingerprint density at radius 1 is 1.22 bits per heavy atom. The van der Waals surface area contributed by atoms with Crippen LogP contribution in [0.15, 0.2) is 24.3 Å². The maximum Gasteiger partial charge on any atom is 0.412 e.